The predicted octanol–water partition coefficient (Wildman–Crippen LogP) is 4.49. The molecule has 3 aromatic carbocycles. The number of carbonyl (C=O) groups excluding carboxylic acids is 1. The SMILES string of the molecule is Cc1ccccc1N(CC(=O)N/N=C\c1c(Cl)nn(-c2ccccc2)c1C)S(=O)(=O)c1ccccc1. The first-order valence-corrected chi connectivity index (χ1v) is 12.9. The molecule has 8 nitrogen and oxygen atoms in total. The minimum absolute atomic E-state index is 0.0836. The molecule has 0 bridgehead atoms. The maximum atomic E-state index is 13.4. The van der Waals surface area contributed by atoms with E-state index in [1.807, 2.05) is 37.3 Å². The van der Waals surface area contributed by atoms with Crippen LogP contribution < -0.4 is 9.73 Å². The van der Waals surface area contributed by atoms with Gasteiger partial charge in [-0.25, -0.2) is 18.5 Å². The molecule has 0 atom stereocenters. The molecule has 1 aromatic heterocycles. The number of hydrazone groups is 1. The fraction of sp³-hybridized carbons (Fsp3) is 0.115. The van der Waals surface area contributed by atoms with Crippen LogP contribution in [0.25, 0.3) is 5.69 Å². The van der Waals surface area contributed by atoms with Gasteiger partial charge in [0.05, 0.1) is 33.7 Å². The summed E-state index contributed by atoms with van der Waals surface area (Å²) >= 11 is 6.30. The molecule has 0 saturated heterocycles. The molecular formula is C26H24ClN5O3S. The highest BCUT2D eigenvalue weighted by Crippen LogP contribution is 2.26. The van der Waals surface area contributed by atoms with Crippen LogP contribution in [-0.4, -0.2) is 36.9 Å². The molecule has 0 aliphatic rings. The Hall–Kier alpha value is -3.95. The molecule has 1 N–H and O–H groups in total. The smallest absolute Gasteiger partial charge is 0.264 e. The van der Waals surface area contributed by atoms with Gasteiger partial charge >= 0.3 is 0 Å². The Bertz CT molecular complexity index is 1500. The summed E-state index contributed by atoms with van der Waals surface area (Å²) in [5, 5.41) is 8.57. The van der Waals surface area contributed by atoms with Crippen molar-refractivity contribution in [2.45, 2.75) is 18.7 Å². The summed E-state index contributed by atoms with van der Waals surface area (Å²) in [6.45, 7) is 3.16. The van der Waals surface area contributed by atoms with Gasteiger partial charge in [-0.2, -0.15) is 10.2 Å². The highest BCUT2D eigenvalue weighted by atomic mass is 35.5. The summed E-state index contributed by atoms with van der Waals surface area (Å²) < 4.78 is 29.6. The number of nitrogens with zero attached hydrogens (tertiary/aromatic N) is 4. The van der Waals surface area contributed by atoms with Crippen molar-refractivity contribution in [2.24, 2.45) is 5.10 Å². The largest absolute Gasteiger partial charge is 0.271 e. The van der Waals surface area contributed by atoms with Crippen LogP contribution in [0.5, 0.6) is 0 Å². The van der Waals surface area contributed by atoms with Crippen molar-refractivity contribution in [3.05, 3.63) is 107 Å². The first-order chi connectivity index (χ1) is 17.3. The molecule has 184 valence electrons. The molecule has 0 fully saturated rings. The van der Waals surface area contributed by atoms with Gasteiger partial charge in [-0.05, 0) is 49.7 Å². The van der Waals surface area contributed by atoms with Crippen molar-refractivity contribution in [3.8, 4) is 5.69 Å². The fourth-order valence-electron chi connectivity index (χ4n) is 3.64. The third-order valence-corrected chi connectivity index (χ3v) is 7.56. The molecule has 1 heterocycles. The second-order valence-electron chi connectivity index (χ2n) is 7.94. The molecule has 0 unspecified atom stereocenters. The van der Waals surface area contributed by atoms with Crippen LogP contribution in [0, 0.1) is 13.8 Å². The van der Waals surface area contributed by atoms with Crippen molar-refractivity contribution < 1.29 is 13.2 Å². The van der Waals surface area contributed by atoms with E-state index in [1.165, 1.54) is 18.3 Å². The van der Waals surface area contributed by atoms with E-state index in [1.54, 1.807) is 54.1 Å². The molecule has 0 radical (unpaired) electrons. The van der Waals surface area contributed by atoms with Crippen molar-refractivity contribution in [1.29, 1.82) is 0 Å². The molecule has 10 heteroatoms. The predicted molar refractivity (Wildman–Crippen MR) is 141 cm³/mol. The number of sulfonamides is 1. The average molecular weight is 522 g/mol. The van der Waals surface area contributed by atoms with Gasteiger partial charge in [-0.1, -0.05) is 66.2 Å². The van der Waals surface area contributed by atoms with Crippen LogP contribution in [0.1, 0.15) is 16.8 Å². The van der Waals surface area contributed by atoms with Crippen LogP contribution in [0.4, 0.5) is 5.69 Å². The molecular weight excluding hydrogens is 498 g/mol. The fourth-order valence-corrected chi connectivity index (χ4v) is 5.41. The Morgan fingerprint density at radius 1 is 1.00 bits per heavy atom. The quantitative estimate of drug-likeness (QED) is 0.273. The topological polar surface area (TPSA) is 96.7 Å². The zero-order valence-electron chi connectivity index (χ0n) is 19.7. The van der Waals surface area contributed by atoms with Gasteiger partial charge in [0.2, 0.25) is 0 Å². The maximum absolute atomic E-state index is 13.4. The van der Waals surface area contributed by atoms with Crippen LogP contribution in [0.15, 0.2) is 94.9 Å². The van der Waals surface area contributed by atoms with Gasteiger partial charge in [0.25, 0.3) is 15.9 Å². The Kier molecular flexibility index (Phi) is 7.52. The number of para-hydroxylation sites is 2. The number of halogens is 1. The lowest BCUT2D eigenvalue weighted by Gasteiger charge is -2.25. The number of benzene rings is 3. The monoisotopic (exact) mass is 521 g/mol. The van der Waals surface area contributed by atoms with Crippen molar-refractivity contribution in [3.63, 3.8) is 0 Å². The molecule has 4 rings (SSSR count). The standard InChI is InChI=1S/C26H24ClN5O3S/c1-19-11-9-10-16-24(19)31(36(34,35)22-14-7-4-8-15-22)18-25(33)29-28-17-23-20(2)32(30-26(23)27)21-12-5-3-6-13-21/h3-17H,18H2,1-2H3,(H,29,33)/b28-17-. The molecule has 1 amide bonds. The third kappa shape index (κ3) is 5.32. The van der Waals surface area contributed by atoms with Crippen molar-refractivity contribution in [2.75, 3.05) is 10.8 Å². The van der Waals surface area contributed by atoms with Gasteiger partial charge in [0, 0.05) is 0 Å². The van der Waals surface area contributed by atoms with E-state index in [9.17, 15) is 13.2 Å². The van der Waals surface area contributed by atoms with Gasteiger partial charge in [-0.3, -0.25) is 9.10 Å². The lowest BCUT2D eigenvalue weighted by molar-refractivity contribution is -0.119. The lowest BCUT2D eigenvalue weighted by Crippen LogP contribution is -2.40. The van der Waals surface area contributed by atoms with Crippen LogP contribution >= 0.6 is 11.6 Å². The van der Waals surface area contributed by atoms with Gasteiger partial charge in [-0.15, -0.1) is 0 Å². The normalized spacial score (nSPS) is 11.5. The zero-order valence-corrected chi connectivity index (χ0v) is 21.2. The Labute approximate surface area is 214 Å². The highest BCUT2D eigenvalue weighted by Gasteiger charge is 2.28. The Balaban J connectivity index is 1.56. The van der Waals surface area contributed by atoms with Gasteiger partial charge in [0.1, 0.15) is 6.54 Å². The summed E-state index contributed by atoms with van der Waals surface area (Å²) in [5.74, 6) is -0.613. The van der Waals surface area contributed by atoms with E-state index in [0.717, 1.165) is 15.7 Å². The van der Waals surface area contributed by atoms with Crippen molar-refractivity contribution in [1.82, 2.24) is 15.2 Å². The molecule has 4 aromatic rings. The number of anilines is 1. The number of nitrogens with one attached hydrogen (secondary N) is 1. The van der Waals surface area contributed by atoms with Crippen LogP contribution in [0.2, 0.25) is 5.15 Å². The zero-order chi connectivity index (χ0) is 25.7. The van der Waals surface area contributed by atoms with E-state index in [4.69, 9.17) is 11.6 Å². The summed E-state index contributed by atoms with van der Waals surface area (Å²) in [7, 11) is -4.00. The van der Waals surface area contributed by atoms with E-state index in [-0.39, 0.29) is 10.0 Å². The minimum atomic E-state index is -4.00. The Morgan fingerprint density at radius 2 is 1.61 bits per heavy atom. The average Bonchev–Trinajstić information content (AvgIpc) is 3.17. The van der Waals surface area contributed by atoms with E-state index < -0.39 is 22.5 Å². The number of aryl methyl sites for hydroxylation is 1. The van der Waals surface area contributed by atoms with E-state index in [2.05, 4.69) is 15.6 Å². The number of hydrogen-bond donors (Lipinski definition) is 1. The molecule has 0 saturated carbocycles. The molecule has 36 heavy (non-hydrogen) atoms. The summed E-state index contributed by atoms with van der Waals surface area (Å²) in [6, 6.07) is 24.4. The number of amides is 1. The number of rotatable bonds is 8. The molecule has 0 spiro atoms. The number of aromatic nitrogens is 2. The maximum Gasteiger partial charge on any atom is 0.264 e. The van der Waals surface area contributed by atoms with Crippen LogP contribution in [-0.2, 0) is 14.8 Å². The van der Waals surface area contributed by atoms with Crippen molar-refractivity contribution >= 4 is 39.4 Å². The molecule has 0 aliphatic heterocycles. The number of carbonyl (C=O) groups is 1. The highest BCUT2D eigenvalue weighted by molar-refractivity contribution is 7.92. The third-order valence-electron chi connectivity index (χ3n) is 5.50. The van der Waals surface area contributed by atoms with Crippen LogP contribution in [0.3, 0.4) is 0 Å². The molecule has 0 aliphatic carbocycles. The second-order valence-corrected chi connectivity index (χ2v) is 10.2. The first kappa shape index (κ1) is 25.2. The lowest BCUT2D eigenvalue weighted by atomic mass is 10.2. The van der Waals surface area contributed by atoms with E-state index >= 15 is 0 Å². The Morgan fingerprint density at radius 3 is 2.28 bits per heavy atom. The number of hydrogen-bond acceptors (Lipinski definition) is 5. The second kappa shape index (κ2) is 10.8. The van der Waals surface area contributed by atoms with E-state index in [0.29, 0.717) is 16.8 Å². The summed E-state index contributed by atoms with van der Waals surface area (Å²) in [5.41, 5.74) is 5.63. The van der Waals surface area contributed by atoms with Gasteiger partial charge in [0.15, 0.2) is 5.15 Å². The minimum Gasteiger partial charge on any atom is -0.271 e. The summed E-state index contributed by atoms with van der Waals surface area (Å²) in [4.78, 5) is 12.9. The first-order valence-electron chi connectivity index (χ1n) is 11.0. The summed E-state index contributed by atoms with van der Waals surface area (Å²) in [6.07, 6.45) is 1.39. The van der Waals surface area contributed by atoms with Gasteiger partial charge < -0.3 is 0 Å².